The van der Waals surface area contributed by atoms with E-state index in [0.717, 1.165) is 67.5 Å². The van der Waals surface area contributed by atoms with Gasteiger partial charge < -0.3 is 0 Å². The Labute approximate surface area is 304 Å². The maximum atomic E-state index is 9.63. The number of aromatic nitrogens is 3. The third-order valence-corrected chi connectivity index (χ3v) is 12.1. The quantitative estimate of drug-likeness (QED) is 0.177. The molecule has 0 amide bonds. The van der Waals surface area contributed by atoms with E-state index in [0.29, 0.717) is 28.5 Å². The lowest BCUT2D eigenvalue weighted by Crippen LogP contribution is -2.48. The second kappa shape index (κ2) is 12.4. The van der Waals surface area contributed by atoms with Crippen molar-refractivity contribution in [2.75, 3.05) is 0 Å². The highest BCUT2D eigenvalue weighted by Gasteiger charge is 2.51. The fourth-order valence-corrected chi connectivity index (χ4v) is 10.1. The topological polar surface area (TPSA) is 62.5 Å². The van der Waals surface area contributed by atoms with Gasteiger partial charge in [0.25, 0.3) is 0 Å². The summed E-state index contributed by atoms with van der Waals surface area (Å²) in [6.07, 6.45) is 8.38. The van der Waals surface area contributed by atoms with Crippen molar-refractivity contribution in [3.05, 3.63) is 151 Å². The van der Waals surface area contributed by atoms with Gasteiger partial charge in [-0.3, -0.25) is 0 Å². The van der Waals surface area contributed by atoms with Crippen LogP contribution in [-0.4, -0.2) is 15.0 Å². The van der Waals surface area contributed by atoms with Gasteiger partial charge in [0, 0.05) is 16.7 Å². The van der Waals surface area contributed by atoms with Crippen molar-refractivity contribution in [3.63, 3.8) is 0 Å². The molecule has 4 aliphatic rings. The van der Waals surface area contributed by atoms with Crippen LogP contribution < -0.4 is 0 Å². The van der Waals surface area contributed by atoms with E-state index in [2.05, 4.69) is 121 Å². The normalized spacial score (nSPS) is 21.6. The van der Waals surface area contributed by atoms with Crippen LogP contribution in [-0.2, 0) is 5.41 Å². The van der Waals surface area contributed by atoms with Gasteiger partial charge in [0.05, 0.1) is 11.6 Å². The van der Waals surface area contributed by atoms with E-state index in [-0.39, 0.29) is 0 Å². The number of nitrogens with zero attached hydrogens (tertiary/aromatic N) is 4. The van der Waals surface area contributed by atoms with Crippen molar-refractivity contribution in [1.29, 1.82) is 5.26 Å². The Morgan fingerprint density at radius 3 is 1.69 bits per heavy atom. The van der Waals surface area contributed by atoms with Gasteiger partial charge in [0.1, 0.15) is 0 Å². The fraction of sp³-hybridized carbons (Fsp3) is 0.208. The molecule has 0 spiro atoms. The molecule has 1 heterocycles. The highest BCUT2D eigenvalue weighted by atomic mass is 15.0. The molecule has 1 aromatic heterocycles. The van der Waals surface area contributed by atoms with Crippen LogP contribution in [0.5, 0.6) is 0 Å². The van der Waals surface area contributed by atoms with E-state index in [9.17, 15) is 5.26 Å². The lowest BCUT2D eigenvalue weighted by Gasteiger charge is -2.57. The first kappa shape index (κ1) is 30.9. The first-order chi connectivity index (χ1) is 25.6. The minimum Gasteiger partial charge on any atom is -0.208 e. The molecule has 6 aromatic carbocycles. The highest BCUT2D eigenvalue weighted by molar-refractivity contribution is 5.98. The summed E-state index contributed by atoms with van der Waals surface area (Å²) < 4.78 is 0. The summed E-state index contributed by atoms with van der Waals surface area (Å²) in [5.41, 5.74) is 9.76. The molecule has 4 fully saturated rings. The summed E-state index contributed by atoms with van der Waals surface area (Å²) in [6.45, 7) is 0. The Bertz CT molecular complexity index is 2480. The maximum Gasteiger partial charge on any atom is 0.164 e. The van der Waals surface area contributed by atoms with Crippen molar-refractivity contribution in [2.45, 2.75) is 43.9 Å². The predicted molar refractivity (Wildman–Crippen MR) is 209 cm³/mol. The molecule has 4 heteroatoms. The smallest absolute Gasteiger partial charge is 0.164 e. The monoisotopic (exact) mass is 670 g/mol. The standard InChI is InChI=1S/C48H38N4/c49-30-31-15-16-36-9-6-14-43(44(36)24-31)39-11-5-13-41(26-39)47-51-45(50-46(52-47)40-12-4-10-38(25-40)35-7-2-1-3-8-35)37-17-19-42(20-18-37)48-27-32-21-33(28-48)23-34(22-32)29-48/h1-20,24-26,32-34H,21-23,27-29H2/t32-,33-,34-,48?. The molecule has 0 aliphatic heterocycles. The summed E-state index contributed by atoms with van der Waals surface area (Å²) >= 11 is 0. The zero-order valence-corrected chi connectivity index (χ0v) is 29.0. The number of fused-ring (bicyclic) bond motifs is 1. The largest absolute Gasteiger partial charge is 0.208 e. The molecular weight excluding hydrogens is 633 g/mol. The van der Waals surface area contributed by atoms with E-state index in [1.54, 1.807) is 0 Å². The van der Waals surface area contributed by atoms with Crippen LogP contribution in [0, 0.1) is 29.1 Å². The fourth-order valence-electron chi connectivity index (χ4n) is 10.1. The molecule has 7 aromatic rings. The first-order valence-corrected chi connectivity index (χ1v) is 18.7. The lowest BCUT2D eigenvalue weighted by molar-refractivity contribution is -0.00518. The molecule has 4 aliphatic carbocycles. The lowest BCUT2D eigenvalue weighted by atomic mass is 9.48. The first-order valence-electron chi connectivity index (χ1n) is 18.7. The van der Waals surface area contributed by atoms with Crippen molar-refractivity contribution < 1.29 is 0 Å². The van der Waals surface area contributed by atoms with Gasteiger partial charge in [-0.2, -0.15) is 5.26 Å². The van der Waals surface area contributed by atoms with Crippen molar-refractivity contribution in [3.8, 4) is 62.5 Å². The average molecular weight is 671 g/mol. The summed E-state index contributed by atoms with van der Waals surface area (Å²) in [6, 6.07) is 51.0. The second-order valence-corrected chi connectivity index (χ2v) is 15.5. The number of hydrogen-bond acceptors (Lipinski definition) is 4. The van der Waals surface area contributed by atoms with E-state index < -0.39 is 0 Å². The van der Waals surface area contributed by atoms with Crippen molar-refractivity contribution in [2.24, 2.45) is 17.8 Å². The van der Waals surface area contributed by atoms with Crippen LogP contribution in [0.2, 0.25) is 0 Å². The molecule has 0 N–H and O–H groups in total. The Morgan fingerprint density at radius 1 is 0.481 bits per heavy atom. The van der Waals surface area contributed by atoms with E-state index in [1.165, 1.54) is 44.1 Å². The van der Waals surface area contributed by atoms with Gasteiger partial charge in [0.15, 0.2) is 17.5 Å². The highest BCUT2D eigenvalue weighted by Crippen LogP contribution is 2.60. The molecule has 52 heavy (non-hydrogen) atoms. The molecule has 0 saturated heterocycles. The minimum atomic E-state index is 0.344. The minimum absolute atomic E-state index is 0.344. The molecule has 4 saturated carbocycles. The summed E-state index contributed by atoms with van der Waals surface area (Å²) in [7, 11) is 0. The van der Waals surface area contributed by atoms with E-state index in [1.807, 2.05) is 24.3 Å². The van der Waals surface area contributed by atoms with E-state index in [4.69, 9.17) is 15.0 Å². The summed E-state index contributed by atoms with van der Waals surface area (Å²) in [4.78, 5) is 15.4. The summed E-state index contributed by atoms with van der Waals surface area (Å²) in [5, 5.41) is 11.8. The molecule has 0 unspecified atom stereocenters. The zero-order valence-electron chi connectivity index (χ0n) is 29.0. The van der Waals surface area contributed by atoms with Gasteiger partial charge in [-0.25, -0.2) is 15.0 Å². The Balaban J connectivity index is 1.08. The molecule has 4 bridgehead atoms. The molecule has 4 nitrogen and oxygen atoms in total. The maximum absolute atomic E-state index is 9.63. The number of rotatable bonds is 6. The van der Waals surface area contributed by atoms with Gasteiger partial charge in [0.2, 0.25) is 0 Å². The number of hydrogen-bond donors (Lipinski definition) is 0. The molecule has 11 rings (SSSR count). The van der Waals surface area contributed by atoms with Gasteiger partial charge in [-0.05, 0) is 125 Å². The zero-order chi connectivity index (χ0) is 34.6. The Kier molecular flexibility index (Phi) is 7.35. The molecule has 0 radical (unpaired) electrons. The van der Waals surface area contributed by atoms with Crippen LogP contribution >= 0.6 is 0 Å². The van der Waals surface area contributed by atoms with Crippen LogP contribution in [0.4, 0.5) is 0 Å². The number of benzene rings is 6. The van der Waals surface area contributed by atoms with Crippen molar-refractivity contribution in [1.82, 2.24) is 15.0 Å². The third-order valence-electron chi connectivity index (χ3n) is 12.1. The van der Waals surface area contributed by atoms with Crippen LogP contribution in [0.25, 0.3) is 67.2 Å². The van der Waals surface area contributed by atoms with Crippen LogP contribution in [0.3, 0.4) is 0 Å². The third kappa shape index (κ3) is 5.49. The second-order valence-electron chi connectivity index (χ2n) is 15.5. The molecule has 250 valence electrons. The average Bonchev–Trinajstić information content (AvgIpc) is 3.20. The van der Waals surface area contributed by atoms with Gasteiger partial charge in [-0.1, -0.05) is 115 Å². The Hall–Kier alpha value is -5.92. The van der Waals surface area contributed by atoms with Gasteiger partial charge >= 0.3 is 0 Å². The summed E-state index contributed by atoms with van der Waals surface area (Å²) in [5.74, 6) is 4.68. The molecule has 0 atom stereocenters. The Morgan fingerprint density at radius 2 is 1.04 bits per heavy atom. The van der Waals surface area contributed by atoms with Crippen LogP contribution in [0.1, 0.15) is 49.7 Å². The van der Waals surface area contributed by atoms with Crippen LogP contribution in [0.15, 0.2) is 140 Å². The number of nitriles is 1. The van der Waals surface area contributed by atoms with Crippen molar-refractivity contribution >= 4 is 10.8 Å². The SMILES string of the molecule is N#Cc1ccc2cccc(-c3cccc(-c4nc(-c5ccc(C67C[C@H]8C[C@H](C6)C[C@@H](C7)C8)cc5)nc(-c5cccc(-c6ccccc6)c5)n4)c3)c2c1. The van der Waals surface area contributed by atoms with E-state index >= 15 is 0 Å². The van der Waals surface area contributed by atoms with Gasteiger partial charge in [-0.15, -0.1) is 0 Å². The predicted octanol–water partition coefficient (Wildman–Crippen LogP) is 11.7. The molecular formula is C48H38N4.